The summed E-state index contributed by atoms with van der Waals surface area (Å²) in [6, 6.07) is 0. The van der Waals surface area contributed by atoms with Crippen LogP contribution in [0.25, 0.3) is 0 Å². The van der Waals surface area contributed by atoms with Gasteiger partial charge in [0.1, 0.15) is 6.10 Å². The molecular formula is C22H41Na2O8PS. The van der Waals surface area contributed by atoms with Gasteiger partial charge in [0, 0.05) is 12.2 Å². The SMILES string of the molecule is CCCCCCCCCCC(=O)O[C@H](COP(=O)([O-])[O-])CSCCCCCCCOC=O.[Na+].[Na+]. The molecule has 0 aromatic heterocycles. The average molecular weight is 543 g/mol. The third-order valence-electron chi connectivity index (χ3n) is 4.87. The van der Waals surface area contributed by atoms with E-state index in [0.29, 0.717) is 18.8 Å². The summed E-state index contributed by atoms with van der Waals surface area (Å²) in [6.07, 6.45) is 13.4. The van der Waals surface area contributed by atoms with Crippen LogP contribution in [0, 0.1) is 0 Å². The Morgan fingerprint density at radius 2 is 1.47 bits per heavy atom. The molecule has 1 atom stereocenters. The number of unbranched alkanes of at least 4 members (excludes halogenated alkanes) is 11. The molecule has 0 spiro atoms. The summed E-state index contributed by atoms with van der Waals surface area (Å²) in [5.41, 5.74) is 0. The van der Waals surface area contributed by atoms with Gasteiger partial charge in [-0.1, -0.05) is 71.1 Å². The summed E-state index contributed by atoms with van der Waals surface area (Å²) in [5, 5.41) is 0. The van der Waals surface area contributed by atoms with Gasteiger partial charge in [-0.3, -0.25) is 9.59 Å². The van der Waals surface area contributed by atoms with Gasteiger partial charge >= 0.3 is 65.1 Å². The molecule has 8 nitrogen and oxygen atoms in total. The van der Waals surface area contributed by atoms with Crippen molar-refractivity contribution in [1.29, 1.82) is 0 Å². The Morgan fingerprint density at radius 3 is 2.06 bits per heavy atom. The van der Waals surface area contributed by atoms with Crippen molar-refractivity contribution in [2.24, 2.45) is 0 Å². The molecule has 12 heteroatoms. The molecule has 34 heavy (non-hydrogen) atoms. The summed E-state index contributed by atoms with van der Waals surface area (Å²) in [5.74, 6) is 0.842. The van der Waals surface area contributed by atoms with Crippen molar-refractivity contribution in [3.8, 4) is 0 Å². The number of ether oxygens (including phenoxy) is 2. The van der Waals surface area contributed by atoms with E-state index in [-0.39, 0.29) is 71.5 Å². The fraction of sp³-hybridized carbons (Fsp3) is 0.909. The van der Waals surface area contributed by atoms with Crippen molar-refractivity contribution in [3.05, 3.63) is 0 Å². The molecule has 0 aromatic carbocycles. The van der Waals surface area contributed by atoms with Gasteiger partial charge in [0.2, 0.25) is 0 Å². The van der Waals surface area contributed by atoms with Crippen molar-refractivity contribution in [1.82, 2.24) is 0 Å². The zero-order chi connectivity index (χ0) is 23.9. The van der Waals surface area contributed by atoms with Crippen LogP contribution in [0.15, 0.2) is 0 Å². The van der Waals surface area contributed by atoms with E-state index in [0.717, 1.165) is 57.1 Å². The van der Waals surface area contributed by atoms with Crippen LogP contribution in [0.3, 0.4) is 0 Å². The van der Waals surface area contributed by atoms with E-state index in [4.69, 9.17) is 4.74 Å². The van der Waals surface area contributed by atoms with E-state index in [2.05, 4.69) is 16.2 Å². The molecule has 0 rings (SSSR count). The number of hydrogen-bond acceptors (Lipinski definition) is 9. The monoisotopic (exact) mass is 542 g/mol. The Balaban J connectivity index is -0.00000480. The Bertz CT molecular complexity index is 511. The average Bonchev–Trinajstić information content (AvgIpc) is 2.74. The molecule has 0 fully saturated rings. The fourth-order valence-corrected chi connectivity index (χ4v) is 4.47. The first-order valence-corrected chi connectivity index (χ1v) is 14.5. The van der Waals surface area contributed by atoms with Gasteiger partial charge in [-0.05, 0) is 25.0 Å². The second-order valence-electron chi connectivity index (χ2n) is 7.89. The predicted octanol–water partition coefficient (Wildman–Crippen LogP) is -1.86. The summed E-state index contributed by atoms with van der Waals surface area (Å²) in [4.78, 5) is 43.7. The van der Waals surface area contributed by atoms with E-state index in [1.165, 1.54) is 32.1 Å². The largest absolute Gasteiger partial charge is 1.00 e. The molecule has 0 amide bonds. The van der Waals surface area contributed by atoms with E-state index >= 15 is 0 Å². The predicted molar refractivity (Wildman–Crippen MR) is 123 cm³/mol. The Hall–Kier alpha value is 1.40. The van der Waals surface area contributed by atoms with Crippen molar-refractivity contribution < 1.29 is 97.1 Å². The van der Waals surface area contributed by atoms with Crippen LogP contribution in [0.2, 0.25) is 0 Å². The van der Waals surface area contributed by atoms with Gasteiger partial charge in [0.05, 0.1) is 21.0 Å². The summed E-state index contributed by atoms with van der Waals surface area (Å²) in [6.45, 7) is 2.66. The molecule has 0 aromatic rings. The molecule has 0 aliphatic carbocycles. The molecule has 0 N–H and O–H groups in total. The molecule has 0 saturated heterocycles. The number of phosphoric acid groups is 1. The van der Waals surface area contributed by atoms with Crippen LogP contribution in [0.4, 0.5) is 0 Å². The van der Waals surface area contributed by atoms with Crippen LogP contribution < -0.4 is 68.9 Å². The fourth-order valence-electron chi connectivity index (χ4n) is 3.12. The van der Waals surface area contributed by atoms with E-state index in [1.807, 2.05) is 0 Å². The first-order chi connectivity index (χ1) is 15.4. The molecule has 0 saturated carbocycles. The van der Waals surface area contributed by atoms with Crippen molar-refractivity contribution in [3.63, 3.8) is 0 Å². The molecule has 0 radical (unpaired) electrons. The molecular weight excluding hydrogens is 501 g/mol. The first kappa shape index (κ1) is 39.9. The third-order valence-corrected chi connectivity index (χ3v) is 6.52. The van der Waals surface area contributed by atoms with Gasteiger partial charge < -0.3 is 28.3 Å². The number of carbonyl (C=O) groups excluding carboxylic acids is 2. The molecule has 0 aliphatic heterocycles. The normalized spacial score (nSPS) is 11.7. The topological polar surface area (TPSA) is 125 Å². The van der Waals surface area contributed by atoms with Gasteiger partial charge in [-0.2, -0.15) is 11.8 Å². The minimum absolute atomic E-state index is 0. The number of phosphoric ester groups is 1. The molecule has 190 valence electrons. The smallest absolute Gasteiger partial charge is 0.790 e. The van der Waals surface area contributed by atoms with Crippen molar-refractivity contribution >= 4 is 32.0 Å². The zero-order valence-electron chi connectivity index (χ0n) is 21.5. The second-order valence-corrected chi connectivity index (χ2v) is 10.2. The molecule has 0 bridgehead atoms. The summed E-state index contributed by atoms with van der Waals surface area (Å²) >= 11 is 1.55. The number of hydrogen-bond donors (Lipinski definition) is 0. The maximum absolute atomic E-state index is 12.1. The maximum atomic E-state index is 12.1. The quantitative estimate of drug-likeness (QED) is 0.0454. The van der Waals surface area contributed by atoms with Crippen LogP contribution in [0.1, 0.15) is 96.8 Å². The Morgan fingerprint density at radius 1 is 0.912 bits per heavy atom. The molecule has 0 aliphatic rings. The molecule has 0 heterocycles. The van der Waals surface area contributed by atoms with Crippen LogP contribution >= 0.6 is 19.6 Å². The number of rotatable bonds is 24. The second kappa shape index (κ2) is 29.0. The van der Waals surface area contributed by atoms with Crippen molar-refractivity contribution in [2.75, 3.05) is 24.7 Å². The minimum atomic E-state index is -5.10. The van der Waals surface area contributed by atoms with Crippen LogP contribution in [-0.4, -0.2) is 43.3 Å². The number of thioether (sulfide) groups is 1. The van der Waals surface area contributed by atoms with E-state index < -0.39 is 20.5 Å². The van der Waals surface area contributed by atoms with E-state index in [1.54, 1.807) is 11.8 Å². The van der Waals surface area contributed by atoms with Gasteiger partial charge in [0.25, 0.3) is 6.47 Å². The third kappa shape index (κ3) is 31.4. The summed E-state index contributed by atoms with van der Waals surface area (Å²) < 4.78 is 25.1. The minimum Gasteiger partial charge on any atom is -0.790 e. The maximum Gasteiger partial charge on any atom is 1.00 e. The zero-order valence-corrected chi connectivity index (χ0v) is 27.2. The van der Waals surface area contributed by atoms with Crippen molar-refractivity contribution in [2.45, 2.75) is 103 Å². The number of esters is 1. The van der Waals surface area contributed by atoms with Crippen LogP contribution in [-0.2, 0) is 28.2 Å². The van der Waals surface area contributed by atoms with Crippen LogP contribution in [0.5, 0.6) is 0 Å². The Labute approximate surface area is 254 Å². The Kier molecular flexibility index (Phi) is 34.0. The van der Waals surface area contributed by atoms with E-state index in [9.17, 15) is 23.9 Å². The first-order valence-electron chi connectivity index (χ1n) is 11.9. The standard InChI is InChI=1S/C22H43O8PS.2Na/c1-2-3-4-5-6-7-9-12-15-22(24)30-21(18-29-31(25,26)27)19-32-17-14-11-8-10-13-16-28-20-23;;/h20-21H,2-19H2,1H3,(H2,25,26,27);;/q;2*+1/p-2/t21-;;/m1../s1. The summed E-state index contributed by atoms with van der Waals surface area (Å²) in [7, 11) is -5.10. The van der Waals surface area contributed by atoms with Gasteiger partial charge in [-0.25, -0.2) is 0 Å². The van der Waals surface area contributed by atoms with Gasteiger partial charge in [0.15, 0.2) is 0 Å². The van der Waals surface area contributed by atoms with Gasteiger partial charge in [-0.15, -0.1) is 0 Å². The number of carbonyl (C=O) groups is 2. The molecule has 0 unspecified atom stereocenters.